The number of carbonyl (C=O) groups is 2. The number of unbranched alkanes of at least 4 members (excludes halogenated alkanes) is 23. The van der Waals surface area contributed by atoms with Crippen LogP contribution in [0.4, 0.5) is 0 Å². The fourth-order valence-corrected chi connectivity index (χ4v) is 6.59. The summed E-state index contributed by atoms with van der Waals surface area (Å²) < 4.78 is 0. The Bertz CT molecular complexity index is 765. The Morgan fingerprint density at radius 1 is 0.587 bits per heavy atom. The number of carbonyl (C=O) groups excluding carboxylic acids is 2. The molecule has 46 heavy (non-hydrogen) atoms. The Kier molecular flexibility index (Phi) is 29.5. The molecule has 0 aliphatic carbocycles. The molecule has 1 aliphatic heterocycles. The molecular weight excluding hydrogens is 566 g/mol. The molecule has 1 aliphatic rings. The molecule has 2 amide bonds. The SMILES string of the molecule is CCCCCCCC/C=C\CCCCCCCCNC(=O)C1CC(N)CN1C(=O)CCCCCCC/C=C\CCCCCCCC. The quantitative estimate of drug-likeness (QED) is 0.0566. The number of amides is 2. The van der Waals surface area contributed by atoms with Crippen molar-refractivity contribution in [2.75, 3.05) is 13.1 Å². The molecule has 0 aromatic heterocycles. The lowest BCUT2D eigenvalue weighted by Crippen LogP contribution is -2.46. The van der Waals surface area contributed by atoms with Crippen LogP contribution in [-0.2, 0) is 9.59 Å². The van der Waals surface area contributed by atoms with Gasteiger partial charge in [0.15, 0.2) is 0 Å². The molecule has 0 aromatic carbocycles. The number of nitrogens with two attached hydrogens (primary N) is 1. The van der Waals surface area contributed by atoms with Crippen LogP contribution in [0.5, 0.6) is 0 Å². The predicted molar refractivity (Wildman–Crippen MR) is 200 cm³/mol. The minimum absolute atomic E-state index is 0.0152. The first-order chi connectivity index (χ1) is 22.6. The van der Waals surface area contributed by atoms with Crippen molar-refractivity contribution in [1.82, 2.24) is 10.2 Å². The maximum absolute atomic E-state index is 12.9. The lowest BCUT2D eigenvalue weighted by atomic mass is 10.1. The molecule has 5 nitrogen and oxygen atoms in total. The van der Waals surface area contributed by atoms with Crippen LogP contribution < -0.4 is 11.1 Å². The van der Waals surface area contributed by atoms with Crippen molar-refractivity contribution < 1.29 is 9.59 Å². The van der Waals surface area contributed by atoms with Crippen LogP contribution in [0, 0.1) is 0 Å². The zero-order valence-corrected chi connectivity index (χ0v) is 30.7. The molecule has 0 radical (unpaired) electrons. The van der Waals surface area contributed by atoms with E-state index in [2.05, 4.69) is 43.5 Å². The van der Waals surface area contributed by atoms with E-state index in [1.54, 1.807) is 4.90 Å². The van der Waals surface area contributed by atoms with Crippen molar-refractivity contribution in [3.05, 3.63) is 24.3 Å². The molecule has 1 saturated heterocycles. The van der Waals surface area contributed by atoms with E-state index in [9.17, 15) is 9.59 Å². The highest BCUT2D eigenvalue weighted by Crippen LogP contribution is 2.20. The minimum Gasteiger partial charge on any atom is -0.354 e. The molecule has 0 spiro atoms. The van der Waals surface area contributed by atoms with Crippen LogP contribution >= 0.6 is 0 Å². The number of hydrogen-bond acceptors (Lipinski definition) is 3. The van der Waals surface area contributed by atoms with Gasteiger partial charge in [0.05, 0.1) is 0 Å². The monoisotopic (exact) mass is 644 g/mol. The van der Waals surface area contributed by atoms with E-state index in [1.165, 1.54) is 148 Å². The molecule has 268 valence electrons. The molecule has 0 aromatic rings. The summed E-state index contributed by atoms with van der Waals surface area (Å²) >= 11 is 0. The third kappa shape index (κ3) is 24.5. The highest BCUT2D eigenvalue weighted by Gasteiger charge is 2.37. The van der Waals surface area contributed by atoms with Gasteiger partial charge >= 0.3 is 0 Å². The van der Waals surface area contributed by atoms with E-state index in [0.29, 0.717) is 25.9 Å². The fourth-order valence-electron chi connectivity index (χ4n) is 6.59. The summed E-state index contributed by atoms with van der Waals surface area (Å²) in [6, 6.07) is -0.487. The average molecular weight is 644 g/mol. The molecule has 2 atom stereocenters. The Morgan fingerprint density at radius 3 is 1.43 bits per heavy atom. The van der Waals surface area contributed by atoms with Crippen LogP contribution in [0.25, 0.3) is 0 Å². The van der Waals surface area contributed by atoms with Gasteiger partial charge < -0.3 is 16.0 Å². The summed E-state index contributed by atoms with van der Waals surface area (Å²) in [4.78, 5) is 27.6. The summed E-state index contributed by atoms with van der Waals surface area (Å²) in [6.45, 7) is 5.75. The Labute approximate surface area is 286 Å². The van der Waals surface area contributed by atoms with Crippen molar-refractivity contribution in [1.29, 1.82) is 0 Å². The van der Waals surface area contributed by atoms with Gasteiger partial charge in [0.25, 0.3) is 0 Å². The lowest BCUT2D eigenvalue weighted by molar-refractivity contribution is -0.138. The van der Waals surface area contributed by atoms with Gasteiger partial charge in [-0.1, -0.05) is 147 Å². The number of hydrogen-bond donors (Lipinski definition) is 2. The zero-order valence-electron chi connectivity index (χ0n) is 30.7. The van der Waals surface area contributed by atoms with E-state index in [-0.39, 0.29) is 23.9 Å². The van der Waals surface area contributed by atoms with Gasteiger partial charge in [-0.05, 0) is 70.6 Å². The van der Waals surface area contributed by atoms with Crippen molar-refractivity contribution in [2.45, 2.75) is 212 Å². The second kappa shape index (κ2) is 32.0. The van der Waals surface area contributed by atoms with Gasteiger partial charge in [-0.25, -0.2) is 0 Å². The van der Waals surface area contributed by atoms with E-state index >= 15 is 0 Å². The first kappa shape index (κ1) is 42.4. The van der Waals surface area contributed by atoms with Gasteiger partial charge in [-0.3, -0.25) is 9.59 Å². The smallest absolute Gasteiger partial charge is 0.242 e. The molecule has 2 unspecified atom stereocenters. The second-order valence-corrected chi connectivity index (χ2v) is 14.1. The third-order valence-electron chi connectivity index (χ3n) is 9.60. The van der Waals surface area contributed by atoms with Crippen LogP contribution in [0.1, 0.15) is 200 Å². The Hall–Kier alpha value is -1.62. The molecule has 1 heterocycles. The minimum atomic E-state index is -0.389. The molecule has 1 fully saturated rings. The molecular formula is C41H77N3O2. The first-order valence-corrected chi connectivity index (χ1v) is 20.2. The average Bonchev–Trinajstić information content (AvgIpc) is 3.46. The van der Waals surface area contributed by atoms with Crippen LogP contribution in [0.3, 0.4) is 0 Å². The summed E-state index contributed by atoms with van der Waals surface area (Å²) in [5.41, 5.74) is 6.19. The maximum Gasteiger partial charge on any atom is 0.242 e. The number of nitrogens with one attached hydrogen (secondary N) is 1. The van der Waals surface area contributed by atoms with E-state index < -0.39 is 0 Å². The molecule has 0 bridgehead atoms. The van der Waals surface area contributed by atoms with Crippen molar-refractivity contribution in [2.24, 2.45) is 5.73 Å². The van der Waals surface area contributed by atoms with Gasteiger partial charge in [-0.2, -0.15) is 0 Å². The fraction of sp³-hybridized carbons (Fsp3) is 0.854. The van der Waals surface area contributed by atoms with E-state index in [0.717, 1.165) is 25.7 Å². The Morgan fingerprint density at radius 2 is 0.978 bits per heavy atom. The topological polar surface area (TPSA) is 75.4 Å². The summed E-state index contributed by atoms with van der Waals surface area (Å²) in [5.74, 6) is 0.0848. The predicted octanol–water partition coefficient (Wildman–Crippen LogP) is 11.1. The summed E-state index contributed by atoms with van der Waals surface area (Å²) in [5, 5.41) is 3.10. The van der Waals surface area contributed by atoms with E-state index in [1.807, 2.05) is 0 Å². The number of nitrogens with zero attached hydrogens (tertiary/aromatic N) is 1. The largest absolute Gasteiger partial charge is 0.354 e. The van der Waals surface area contributed by atoms with Gasteiger partial charge in [0.1, 0.15) is 6.04 Å². The van der Waals surface area contributed by atoms with Gasteiger partial charge in [0, 0.05) is 25.6 Å². The molecule has 3 N–H and O–H groups in total. The molecule has 0 saturated carbocycles. The third-order valence-corrected chi connectivity index (χ3v) is 9.60. The normalized spacial score (nSPS) is 16.7. The lowest BCUT2D eigenvalue weighted by Gasteiger charge is -2.24. The standard InChI is InChI=1S/C41H77N3O2/c1-3-5-7-9-11-13-15-17-19-21-23-25-27-29-31-33-35-43-41(46)39-36-38(42)37-44(39)40(45)34-32-30-28-26-24-22-20-18-16-14-12-10-8-6-4-2/h17-20,38-39H,3-16,21-37,42H2,1-2H3,(H,43,46)/b19-17-,20-18-. The van der Waals surface area contributed by atoms with Gasteiger partial charge in [0.2, 0.25) is 11.8 Å². The number of rotatable bonds is 32. The molecule has 1 rings (SSSR count). The Balaban J connectivity index is 2.01. The van der Waals surface area contributed by atoms with Crippen molar-refractivity contribution >= 4 is 11.8 Å². The summed E-state index contributed by atoms with van der Waals surface area (Å²) in [7, 11) is 0. The number of likely N-dealkylation sites (tertiary alicyclic amines) is 1. The van der Waals surface area contributed by atoms with Crippen LogP contribution in [-0.4, -0.2) is 41.9 Å². The second-order valence-electron chi connectivity index (χ2n) is 14.1. The highest BCUT2D eigenvalue weighted by molar-refractivity contribution is 5.88. The highest BCUT2D eigenvalue weighted by atomic mass is 16.2. The van der Waals surface area contributed by atoms with Crippen LogP contribution in [0.2, 0.25) is 0 Å². The molecule has 5 heteroatoms. The maximum atomic E-state index is 12.9. The summed E-state index contributed by atoms with van der Waals surface area (Å²) in [6.07, 6.45) is 44.7. The van der Waals surface area contributed by atoms with Crippen LogP contribution in [0.15, 0.2) is 24.3 Å². The number of allylic oxidation sites excluding steroid dienone is 4. The van der Waals surface area contributed by atoms with Gasteiger partial charge in [-0.15, -0.1) is 0 Å². The van der Waals surface area contributed by atoms with Crippen molar-refractivity contribution in [3.8, 4) is 0 Å². The first-order valence-electron chi connectivity index (χ1n) is 20.2. The van der Waals surface area contributed by atoms with Crippen molar-refractivity contribution in [3.63, 3.8) is 0 Å². The zero-order chi connectivity index (χ0) is 33.3. The van der Waals surface area contributed by atoms with E-state index in [4.69, 9.17) is 5.73 Å².